The van der Waals surface area contributed by atoms with E-state index in [9.17, 15) is 13.2 Å². The molecule has 1 N–H and O–H groups in total. The number of hydrogen-bond acceptors (Lipinski definition) is 4. The molecule has 0 atom stereocenters. The molecule has 0 aliphatic heterocycles. The van der Waals surface area contributed by atoms with Gasteiger partial charge >= 0.3 is 0 Å². The van der Waals surface area contributed by atoms with Crippen LogP contribution in [0.5, 0.6) is 5.75 Å². The van der Waals surface area contributed by atoms with E-state index >= 15 is 0 Å². The Morgan fingerprint density at radius 2 is 1.69 bits per heavy atom. The standard InChI is InChI=1S/C22H30N2O4S/c1-17-10-6-8-12-19(17)24(29(5,26)27)16-21(25)23-14-15-28-20-13-9-7-11-18(20)22(2,3)4/h6-13H,14-16H2,1-5H3,(H,23,25). The molecule has 0 fully saturated rings. The summed E-state index contributed by atoms with van der Waals surface area (Å²) in [5.74, 6) is 0.401. The first kappa shape index (κ1) is 22.7. The van der Waals surface area contributed by atoms with Crippen molar-refractivity contribution in [1.82, 2.24) is 5.32 Å². The minimum atomic E-state index is -3.59. The third kappa shape index (κ3) is 6.49. The van der Waals surface area contributed by atoms with E-state index in [4.69, 9.17) is 4.74 Å². The van der Waals surface area contributed by atoms with E-state index in [0.717, 1.165) is 27.4 Å². The van der Waals surface area contributed by atoms with Gasteiger partial charge in [0.1, 0.15) is 18.9 Å². The number of ether oxygens (including phenoxy) is 1. The highest BCUT2D eigenvalue weighted by Gasteiger charge is 2.22. The Morgan fingerprint density at radius 3 is 2.31 bits per heavy atom. The minimum absolute atomic E-state index is 0.0522. The molecule has 2 aromatic carbocycles. The predicted molar refractivity (Wildman–Crippen MR) is 117 cm³/mol. The summed E-state index contributed by atoms with van der Waals surface area (Å²) < 4.78 is 31.3. The lowest BCUT2D eigenvalue weighted by molar-refractivity contribution is -0.119. The van der Waals surface area contributed by atoms with Gasteiger partial charge in [-0.15, -0.1) is 0 Å². The molecular formula is C22H30N2O4S. The van der Waals surface area contributed by atoms with Crippen LogP contribution in [0.2, 0.25) is 0 Å². The van der Waals surface area contributed by atoms with Gasteiger partial charge in [-0.2, -0.15) is 0 Å². The molecule has 7 heteroatoms. The first-order valence-corrected chi connectivity index (χ1v) is 11.4. The summed E-state index contributed by atoms with van der Waals surface area (Å²) in [6, 6.07) is 14.9. The number of carbonyl (C=O) groups excluding carboxylic acids is 1. The molecule has 0 bridgehead atoms. The Balaban J connectivity index is 1.95. The Kier molecular flexibility index (Phi) is 7.30. The molecule has 0 aliphatic rings. The second kappa shape index (κ2) is 9.31. The van der Waals surface area contributed by atoms with Gasteiger partial charge in [0.25, 0.3) is 0 Å². The zero-order valence-corrected chi connectivity index (χ0v) is 18.5. The molecule has 6 nitrogen and oxygen atoms in total. The number of anilines is 1. The van der Waals surface area contributed by atoms with Crippen molar-refractivity contribution in [3.05, 3.63) is 59.7 Å². The average molecular weight is 419 g/mol. The number of hydrogen-bond donors (Lipinski definition) is 1. The molecule has 0 aliphatic carbocycles. The van der Waals surface area contributed by atoms with Gasteiger partial charge in [-0.05, 0) is 35.6 Å². The molecule has 2 aromatic rings. The fourth-order valence-electron chi connectivity index (χ4n) is 2.97. The fourth-order valence-corrected chi connectivity index (χ4v) is 3.89. The monoisotopic (exact) mass is 418 g/mol. The van der Waals surface area contributed by atoms with E-state index in [-0.39, 0.29) is 24.4 Å². The van der Waals surface area contributed by atoms with Crippen LogP contribution in [0.4, 0.5) is 5.69 Å². The van der Waals surface area contributed by atoms with Gasteiger partial charge in [0.15, 0.2) is 0 Å². The summed E-state index contributed by atoms with van der Waals surface area (Å²) in [5.41, 5.74) is 2.33. The molecule has 0 saturated heterocycles. The predicted octanol–water partition coefficient (Wildman–Crippen LogP) is 3.25. The largest absolute Gasteiger partial charge is 0.491 e. The van der Waals surface area contributed by atoms with Gasteiger partial charge < -0.3 is 10.1 Å². The van der Waals surface area contributed by atoms with Crippen molar-refractivity contribution in [3.63, 3.8) is 0 Å². The molecule has 29 heavy (non-hydrogen) atoms. The first-order chi connectivity index (χ1) is 13.5. The van der Waals surface area contributed by atoms with E-state index in [0.29, 0.717) is 12.3 Å². The SMILES string of the molecule is Cc1ccccc1N(CC(=O)NCCOc1ccccc1C(C)(C)C)S(C)(=O)=O. The van der Waals surface area contributed by atoms with Crippen LogP contribution in [0.1, 0.15) is 31.9 Å². The van der Waals surface area contributed by atoms with Crippen molar-refractivity contribution >= 4 is 21.6 Å². The zero-order valence-electron chi connectivity index (χ0n) is 17.7. The lowest BCUT2D eigenvalue weighted by Gasteiger charge is -2.24. The van der Waals surface area contributed by atoms with Crippen LogP contribution in [0, 0.1) is 6.92 Å². The molecule has 0 saturated carbocycles. The molecule has 1 amide bonds. The lowest BCUT2D eigenvalue weighted by Crippen LogP contribution is -2.41. The van der Waals surface area contributed by atoms with Crippen molar-refractivity contribution < 1.29 is 17.9 Å². The number of carbonyl (C=O) groups is 1. The van der Waals surface area contributed by atoms with Gasteiger partial charge in [0.05, 0.1) is 18.5 Å². The van der Waals surface area contributed by atoms with Crippen molar-refractivity contribution in [3.8, 4) is 5.75 Å². The maximum atomic E-state index is 12.3. The molecule has 2 rings (SSSR count). The second-order valence-electron chi connectivity index (χ2n) is 8.00. The molecular weight excluding hydrogens is 388 g/mol. The summed E-state index contributed by atoms with van der Waals surface area (Å²) in [6.07, 6.45) is 1.10. The van der Waals surface area contributed by atoms with Crippen molar-refractivity contribution in [2.75, 3.05) is 30.3 Å². The summed E-state index contributed by atoms with van der Waals surface area (Å²) in [6.45, 7) is 8.45. The topological polar surface area (TPSA) is 75.7 Å². The first-order valence-electron chi connectivity index (χ1n) is 9.52. The second-order valence-corrected chi connectivity index (χ2v) is 9.91. The number of rotatable bonds is 8. The highest BCUT2D eigenvalue weighted by atomic mass is 32.2. The van der Waals surface area contributed by atoms with E-state index in [1.54, 1.807) is 12.1 Å². The number of para-hydroxylation sites is 2. The van der Waals surface area contributed by atoms with E-state index in [2.05, 4.69) is 26.1 Å². The van der Waals surface area contributed by atoms with Crippen LogP contribution in [-0.2, 0) is 20.2 Å². The fraction of sp³-hybridized carbons (Fsp3) is 0.409. The van der Waals surface area contributed by atoms with Gasteiger partial charge in [-0.25, -0.2) is 8.42 Å². The highest BCUT2D eigenvalue weighted by molar-refractivity contribution is 7.92. The number of nitrogens with one attached hydrogen (secondary N) is 1. The van der Waals surface area contributed by atoms with Crippen LogP contribution in [-0.4, -0.2) is 40.3 Å². The summed E-state index contributed by atoms with van der Waals surface area (Å²) in [7, 11) is -3.59. The third-order valence-corrected chi connectivity index (χ3v) is 5.58. The van der Waals surface area contributed by atoms with Crippen molar-refractivity contribution in [2.24, 2.45) is 0 Å². The minimum Gasteiger partial charge on any atom is -0.491 e. The molecule has 0 spiro atoms. The van der Waals surface area contributed by atoms with Gasteiger partial charge in [-0.1, -0.05) is 57.2 Å². The van der Waals surface area contributed by atoms with Crippen LogP contribution in [0.3, 0.4) is 0 Å². The maximum absolute atomic E-state index is 12.3. The summed E-state index contributed by atoms with van der Waals surface area (Å²) >= 11 is 0. The quantitative estimate of drug-likeness (QED) is 0.668. The molecule has 0 radical (unpaired) electrons. The van der Waals surface area contributed by atoms with Crippen LogP contribution >= 0.6 is 0 Å². The zero-order chi connectivity index (χ0) is 21.7. The Labute approximate surface area is 173 Å². The molecule has 0 aromatic heterocycles. The summed E-state index contributed by atoms with van der Waals surface area (Å²) in [4.78, 5) is 12.3. The number of nitrogens with zero attached hydrogens (tertiary/aromatic N) is 1. The molecule has 158 valence electrons. The van der Waals surface area contributed by atoms with Crippen molar-refractivity contribution in [1.29, 1.82) is 0 Å². The van der Waals surface area contributed by atoms with E-state index in [1.807, 2.05) is 43.3 Å². The number of aryl methyl sites for hydroxylation is 1. The number of amides is 1. The maximum Gasteiger partial charge on any atom is 0.240 e. The normalized spacial score (nSPS) is 11.8. The van der Waals surface area contributed by atoms with Crippen molar-refractivity contribution in [2.45, 2.75) is 33.1 Å². The van der Waals surface area contributed by atoms with E-state index in [1.165, 1.54) is 0 Å². The third-order valence-electron chi connectivity index (χ3n) is 4.45. The molecule has 0 unspecified atom stereocenters. The average Bonchev–Trinajstić information content (AvgIpc) is 2.63. The highest BCUT2D eigenvalue weighted by Crippen LogP contribution is 2.30. The smallest absolute Gasteiger partial charge is 0.240 e. The van der Waals surface area contributed by atoms with Gasteiger partial charge in [0, 0.05) is 0 Å². The number of sulfonamides is 1. The van der Waals surface area contributed by atoms with Gasteiger partial charge in [0.2, 0.25) is 15.9 Å². The summed E-state index contributed by atoms with van der Waals surface area (Å²) in [5, 5.41) is 2.73. The number of benzene rings is 2. The molecule has 0 heterocycles. The van der Waals surface area contributed by atoms with Crippen LogP contribution in [0.25, 0.3) is 0 Å². The van der Waals surface area contributed by atoms with Crippen LogP contribution in [0.15, 0.2) is 48.5 Å². The van der Waals surface area contributed by atoms with E-state index < -0.39 is 10.0 Å². The lowest BCUT2D eigenvalue weighted by atomic mass is 9.86. The Morgan fingerprint density at radius 1 is 1.07 bits per heavy atom. The Hall–Kier alpha value is -2.54. The van der Waals surface area contributed by atoms with Gasteiger partial charge in [-0.3, -0.25) is 9.10 Å². The Bertz CT molecular complexity index is 949. The van der Waals surface area contributed by atoms with Crippen LogP contribution < -0.4 is 14.4 Å².